The third-order valence-electron chi connectivity index (χ3n) is 2.74. The van der Waals surface area contributed by atoms with E-state index in [9.17, 15) is 0 Å². The molecule has 0 fully saturated rings. The van der Waals surface area contributed by atoms with Crippen LogP contribution in [-0.2, 0) is 6.54 Å². The van der Waals surface area contributed by atoms with Crippen LogP contribution in [0.2, 0.25) is 5.02 Å². The van der Waals surface area contributed by atoms with Crippen molar-refractivity contribution in [2.75, 3.05) is 0 Å². The van der Waals surface area contributed by atoms with Gasteiger partial charge in [0.05, 0.1) is 28.1 Å². The van der Waals surface area contributed by atoms with Crippen molar-refractivity contribution in [2.45, 2.75) is 18.8 Å². The topological polar surface area (TPSA) is 43.6 Å². The molecule has 3 heterocycles. The number of halogens is 2. The largest absolute Gasteiger partial charge is 0.305 e. The zero-order valence-corrected chi connectivity index (χ0v) is 12.4. The van der Waals surface area contributed by atoms with Gasteiger partial charge >= 0.3 is 0 Å². The van der Waals surface area contributed by atoms with Crippen molar-refractivity contribution in [2.24, 2.45) is 0 Å². The molecule has 0 aliphatic rings. The highest BCUT2D eigenvalue weighted by molar-refractivity contribution is 7.07. The van der Waals surface area contributed by atoms with Gasteiger partial charge in [-0.3, -0.25) is 0 Å². The van der Waals surface area contributed by atoms with Gasteiger partial charge in [-0.2, -0.15) is 0 Å². The van der Waals surface area contributed by atoms with E-state index in [1.165, 1.54) is 0 Å². The summed E-state index contributed by atoms with van der Waals surface area (Å²) in [6.07, 6.45) is 1.62. The predicted octanol–water partition coefficient (Wildman–Crippen LogP) is 3.89. The second-order valence-electron chi connectivity index (χ2n) is 4.15. The van der Waals surface area contributed by atoms with Gasteiger partial charge in [-0.15, -0.1) is 22.9 Å². The standard InChI is InChI=1S/C12H10Cl2N4S/c1-7(13)11-17-10-2-8(14)3-15-12(10)18(11)4-9-5-19-6-16-9/h2-3,5-7H,4H2,1H3. The maximum atomic E-state index is 6.20. The Morgan fingerprint density at radius 2 is 2.26 bits per heavy atom. The van der Waals surface area contributed by atoms with Gasteiger partial charge in [-0.25, -0.2) is 15.0 Å². The highest BCUT2D eigenvalue weighted by atomic mass is 35.5. The summed E-state index contributed by atoms with van der Waals surface area (Å²) in [6, 6.07) is 1.80. The van der Waals surface area contributed by atoms with Gasteiger partial charge in [-0.1, -0.05) is 11.6 Å². The predicted molar refractivity (Wildman–Crippen MR) is 78.0 cm³/mol. The number of hydrogen-bond acceptors (Lipinski definition) is 4. The lowest BCUT2D eigenvalue weighted by Crippen LogP contribution is -2.06. The number of pyridine rings is 1. The van der Waals surface area contributed by atoms with E-state index in [0.717, 1.165) is 22.7 Å². The minimum atomic E-state index is -0.202. The summed E-state index contributed by atoms with van der Waals surface area (Å²) < 4.78 is 1.98. The fraction of sp³-hybridized carbons (Fsp3) is 0.250. The summed E-state index contributed by atoms with van der Waals surface area (Å²) in [5, 5.41) is 2.37. The van der Waals surface area contributed by atoms with E-state index in [-0.39, 0.29) is 5.38 Å². The first-order valence-electron chi connectivity index (χ1n) is 5.68. The maximum absolute atomic E-state index is 6.20. The third-order valence-corrected chi connectivity index (χ3v) is 3.78. The Labute approximate surface area is 124 Å². The van der Waals surface area contributed by atoms with Crippen molar-refractivity contribution in [3.8, 4) is 0 Å². The Hall–Kier alpha value is -1.17. The van der Waals surface area contributed by atoms with E-state index in [4.69, 9.17) is 23.2 Å². The van der Waals surface area contributed by atoms with E-state index in [0.29, 0.717) is 11.6 Å². The molecule has 4 nitrogen and oxygen atoms in total. The second kappa shape index (κ2) is 5.07. The average molecular weight is 313 g/mol. The Morgan fingerprint density at radius 1 is 1.42 bits per heavy atom. The van der Waals surface area contributed by atoms with Gasteiger partial charge in [0.1, 0.15) is 11.3 Å². The molecule has 3 aromatic rings. The summed E-state index contributed by atoms with van der Waals surface area (Å²) in [5.41, 5.74) is 4.31. The second-order valence-corrected chi connectivity index (χ2v) is 5.96. The van der Waals surface area contributed by atoms with Crippen molar-refractivity contribution in [3.63, 3.8) is 0 Å². The van der Waals surface area contributed by atoms with Crippen LogP contribution in [0.25, 0.3) is 11.2 Å². The molecule has 0 aliphatic heterocycles. The number of fused-ring (bicyclic) bond motifs is 1. The molecule has 1 atom stereocenters. The summed E-state index contributed by atoms with van der Waals surface area (Å²) in [4.78, 5) is 13.2. The molecule has 0 radical (unpaired) electrons. The van der Waals surface area contributed by atoms with Gasteiger partial charge in [0.15, 0.2) is 5.65 Å². The van der Waals surface area contributed by atoms with Crippen molar-refractivity contribution in [1.29, 1.82) is 0 Å². The van der Waals surface area contributed by atoms with Crippen LogP contribution in [0.1, 0.15) is 23.8 Å². The molecule has 3 rings (SSSR count). The number of aromatic nitrogens is 4. The third kappa shape index (κ3) is 2.45. The zero-order chi connectivity index (χ0) is 13.4. The summed E-state index contributed by atoms with van der Waals surface area (Å²) in [7, 11) is 0. The first-order chi connectivity index (χ1) is 9.15. The number of imidazole rings is 1. The van der Waals surface area contributed by atoms with Crippen LogP contribution in [0.15, 0.2) is 23.2 Å². The van der Waals surface area contributed by atoms with Crippen LogP contribution in [-0.4, -0.2) is 19.5 Å². The minimum absolute atomic E-state index is 0.202. The number of nitrogens with zero attached hydrogens (tertiary/aromatic N) is 4. The van der Waals surface area contributed by atoms with E-state index in [1.54, 1.807) is 23.6 Å². The fourth-order valence-electron chi connectivity index (χ4n) is 1.94. The quantitative estimate of drug-likeness (QED) is 0.689. The van der Waals surface area contributed by atoms with Gasteiger partial charge < -0.3 is 4.57 Å². The van der Waals surface area contributed by atoms with Crippen LogP contribution in [0, 0.1) is 0 Å². The number of rotatable bonds is 3. The van der Waals surface area contributed by atoms with Crippen LogP contribution in [0.3, 0.4) is 0 Å². The Bertz CT molecular complexity index is 706. The average Bonchev–Trinajstić information content (AvgIpc) is 2.97. The van der Waals surface area contributed by atoms with Gasteiger partial charge in [0, 0.05) is 11.6 Å². The Balaban J connectivity index is 2.16. The summed E-state index contributed by atoms with van der Waals surface area (Å²) in [6.45, 7) is 2.50. The van der Waals surface area contributed by atoms with Crippen molar-refractivity contribution in [3.05, 3.63) is 39.7 Å². The summed E-state index contributed by atoms with van der Waals surface area (Å²) in [5.74, 6) is 0.777. The molecular weight excluding hydrogens is 303 g/mol. The van der Waals surface area contributed by atoms with Crippen molar-refractivity contribution < 1.29 is 0 Å². The molecule has 0 aromatic carbocycles. The highest BCUT2D eigenvalue weighted by Gasteiger charge is 2.16. The first kappa shape index (κ1) is 12.8. The molecule has 0 spiro atoms. The van der Waals surface area contributed by atoms with E-state index in [1.807, 2.05) is 22.4 Å². The summed E-state index contributed by atoms with van der Waals surface area (Å²) >= 11 is 13.7. The molecule has 1 unspecified atom stereocenters. The molecule has 0 saturated heterocycles. The molecule has 98 valence electrons. The number of thiazole rings is 1. The highest BCUT2D eigenvalue weighted by Crippen LogP contribution is 2.25. The monoisotopic (exact) mass is 312 g/mol. The number of hydrogen-bond donors (Lipinski definition) is 0. The molecule has 0 bridgehead atoms. The lowest BCUT2D eigenvalue weighted by molar-refractivity contribution is 0.725. The Kier molecular flexibility index (Phi) is 3.43. The van der Waals surface area contributed by atoms with Gasteiger partial charge in [0.2, 0.25) is 0 Å². The molecule has 0 aliphatic carbocycles. The van der Waals surface area contributed by atoms with Gasteiger partial charge in [0.25, 0.3) is 0 Å². The lowest BCUT2D eigenvalue weighted by atomic mass is 10.4. The maximum Gasteiger partial charge on any atom is 0.160 e. The fourth-order valence-corrected chi connectivity index (χ4v) is 2.81. The molecule has 0 amide bonds. The van der Waals surface area contributed by atoms with Crippen LogP contribution in [0.4, 0.5) is 0 Å². The van der Waals surface area contributed by atoms with Gasteiger partial charge in [-0.05, 0) is 13.0 Å². The zero-order valence-electron chi connectivity index (χ0n) is 10.0. The van der Waals surface area contributed by atoms with E-state index in [2.05, 4.69) is 15.0 Å². The molecule has 0 N–H and O–H groups in total. The number of alkyl halides is 1. The van der Waals surface area contributed by atoms with Crippen LogP contribution >= 0.6 is 34.5 Å². The Morgan fingerprint density at radius 3 is 2.95 bits per heavy atom. The van der Waals surface area contributed by atoms with Crippen molar-refractivity contribution in [1.82, 2.24) is 19.5 Å². The first-order valence-corrected chi connectivity index (χ1v) is 7.43. The molecule has 19 heavy (non-hydrogen) atoms. The molecular formula is C12H10Cl2N4S. The smallest absolute Gasteiger partial charge is 0.160 e. The van der Waals surface area contributed by atoms with E-state index >= 15 is 0 Å². The van der Waals surface area contributed by atoms with Crippen LogP contribution in [0.5, 0.6) is 0 Å². The van der Waals surface area contributed by atoms with Crippen LogP contribution < -0.4 is 0 Å². The molecule has 0 saturated carbocycles. The lowest BCUT2D eigenvalue weighted by Gasteiger charge is -2.08. The molecule has 3 aromatic heterocycles. The van der Waals surface area contributed by atoms with E-state index < -0.39 is 0 Å². The normalized spacial score (nSPS) is 13.0. The molecule has 7 heteroatoms. The van der Waals surface area contributed by atoms with Crippen molar-refractivity contribution >= 4 is 45.7 Å². The minimum Gasteiger partial charge on any atom is -0.305 e. The SMILES string of the molecule is CC(Cl)c1nc2cc(Cl)cnc2n1Cc1cscn1.